The maximum atomic E-state index is 12.2. The fourth-order valence-corrected chi connectivity index (χ4v) is 5.10. The number of anilines is 1. The molecule has 1 aromatic heterocycles. The van der Waals surface area contributed by atoms with Crippen LogP contribution in [0.3, 0.4) is 0 Å². The minimum absolute atomic E-state index is 0.0360. The Morgan fingerprint density at radius 3 is 2.73 bits per heavy atom. The molecule has 0 saturated heterocycles. The Balaban J connectivity index is 1.88. The number of halogens is 1. The molecule has 0 aliphatic rings. The molecule has 1 N–H and O–H groups in total. The lowest BCUT2D eigenvalue weighted by Gasteiger charge is -2.03. The predicted molar refractivity (Wildman–Crippen MR) is 92.8 cm³/mol. The van der Waals surface area contributed by atoms with Crippen LogP contribution in [0.5, 0.6) is 0 Å². The highest BCUT2D eigenvalue weighted by Gasteiger charge is 2.15. The van der Waals surface area contributed by atoms with Gasteiger partial charge in [0.1, 0.15) is 0 Å². The fourth-order valence-electron chi connectivity index (χ4n) is 1.50. The van der Waals surface area contributed by atoms with Crippen LogP contribution in [0.25, 0.3) is 0 Å². The largest absolute Gasteiger partial charge is 0.357 e. The van der Waals surface area contributed by atoms with E-state index in [1.54, 1.807) is 18.2 Å². The summed E-state index contributed by atoms with van der Waals surface area (Å²) in [5, 5.41) is 12.2. The minimum atomic E-state index is -3.31. The summed E-state index contributed by atoms with van der Waals surface area (Å²) in [5.41, 5.74) is 0. The van der Waals surface area contributed by atoms with Gasteiger partial charge in [-0.15, -0.1) is 16.8 Å². The van der Waals surface area contributed by atoms with Gasteiger partial charge in [0.25, 0.3) is 0 Å². The van der Waals surface area contributed by atoms with Crippen LogP contribution in [-0.2, 0) is 9.84 Å². The molecule has 9 heteroatoms. The molecule has 2 rings (SSSR count). The van der Waals surface area contributed by atoms with E-state index in [0.717, 1.165) is 4.34 Å². The Bertz CT molecular complexity index is 729. The van der Waals surface area contributed by atoms with E-state index in [-0.39, 0.29) is 10.6 Å². The number of nitrogens with one attached hydrogen (secondary N) is 1. The number of thioether (sulfide) groups is 1. The summed E-state index contributed by atoms with van der Waals surface area (Å²) in [6.45, 7) is 4.22. The Morgan fingerprint density at radius 2 is 2.05 bits per heavy atom. The molecule has 1 heterocycles. The first-order chi connectivity index (χ1) is 10.5. The average Bonchev–Trinajstić information content (AvgIpc) is 2.93. The summed E-state index contributed by atoms with van der Waals surface area (Å²) >= 11 is 8.52. The molecule has 0 spiro atoms. The van der Waals surface area contributed by atoms with Crippen molar-refractivity contribution in [2.75, 3.05) is 23.4 Å². The van der Waals surface area contributed by atoms with Crippen LogP contribution in [0.4, 0.5) is 5.13 Å². The molecule has 2 aromatic rings. The summed E-state index contributed by atoms with van der Waals surface area (Å²) in [6, 6.07) is 6.18. The number of nitrogens with zero attached hydrogens (tertiary/aromatic N) is 2. The van der Waals surface area contributed by atoms with Crippen LogP contribution in [0.15, 0.2) is 46.2 Å². The third kappa shape index (κ3) is 4.98. The van der Waals surface area contributed by atoms with Gasteiger partial charge in [-0.2, -0.15) is 0 Å². The van der Waals surface area contributed by atoms with E-state index < -0.39 is 9.84 Å². The SMILES string of the molecule is C=CCNc1nnc(SCCS(=O)(=O)c2ccc(Cl)cc2)s1. The van der Waals surface area contributed by atoms with Crippen molar-refractivity contribution >= 4 is 49.7 Å². The zero-order valence-corrected chi connectivity index (χ0v) is 14.7. The van der Waals surface area contributed by atoms with Crippen molar-refractivity contribution in [2.24, 2.45) is 0 Å². The number of hydrogen-bond donors (Lipinski definition) is 1. The Morgan fingerprint density at radius 1 is 1.32 bits per heavy atom. The molecule has 1 aromatic carbocycles. The van der Waals surface area contributed by atoms with Crippen LogP contribution in [-0.4, -0.2) is 36.7 Å². The van der Waals surface area contributed by atoms with Gasteiger partial charge in [-0.25, -0.2) is 8.42 Å². The maximum Gasteiger partial charge on any atom is 0.206 e. The van der Waals surface area contributed by atoms with Gasteiger partial charge in [0.15, 0.2) is 14.2 Å². The van der Waals surface area contributed by atoms with Crippen molar-refractivity contribution < 1.29 is 8.42 Å². The highest BCUT2D eigenvalue weighted by molar-refractivity contribution is 8.02. The van der Waals surface area contributed by atoms with E-state index in [1.807, 2.05) is 0 Å². The van der Waals surface area contributed by atoms with Gasteiger partial charge in [-0.1, -0.05) is 40.8 Å². The van der Waals surface area contributed by atoms with E-state index in [9.17, 15) is 8.42 Å². The molecule has 0 bridgehead atoms. The van der Waals surface area contributed by atoms with Gasteiger partial charge in [-0.3, -0.25) is 0 Å². The van der Waals surface area contributed by atoms with Crippen LogP contribution in [0.1, 0.15) is 0 Å². The molecule has 5 nitrogen and oxygen atoms in total. The highest BCUT2D eigenvalue weighted by atomic mass is 35.5. The maximum absolute atomic E-state index is 12.2. The highest BCUT2D eigenvalue weighted by Crippen LogP contribution is 2.26. The van der Waals surface area contributed by atoms with Crippen LogP contribution >= 0.6 is 34.7 Å². The zero-order chi connectivity index (χ0) is 16.0. The smallest absolute Gasteiger partial charge is 0.206 e. The number of hydrogen-bond acceptors (Lipinski definition) is 7. The lowest BCUT2D eigenvalue weighted by atomic mass is 10.4. The number of sulfone groups is 1. The molecule has 118 valence electrons. The third-order valence-electron chi connectivity index (χ3n) is 2.55. The molecule has 0 aliphatic carbocycles. The molecule has 0 radical (unpaired) electrons. The third-order valence-corrected chi connectivity index (χ3v) is 6.81. The van der Waals surface area contributed by atoms with E-state index in [4.69, 9.17) is 11.6 Å². The second-order valence-electron chi connectivity index (χ2n) is 4.16. The first kappa shape index (κ1) is 17.3. The monoisotopic (exact) mass is 375 g/mol. The summed E-state index contributed by atoms with van der Waals surface area (Å²) in [5.74, 6) is 0.454. The second kappa shape index (κ2) is 7.96. The Kier molecular flexibility index (Phi) is 6.25. The quantitative estimate of drug-likeness (QED) is 0.563. The predicted octanol–water partition coefficient (Wildman–Crippen LogP) is 3.36. The minimum Gasteiger partial charge on any atom is -0.357 e. The van der Waals surface area contributed by atoms with Gasteiger partial charge in [0, 0.05) is 17.3 Å². The second-order valence-corrected chi connectivity index (χ2v) is 9.03. The van der Waals surface area contributed by atoms with Gasteiger partial charge < -0.3 is 5.32 Å². The van der Waals surface area contributed by atoms with Crippen LogP contribution < -0.4 is 5.32 Å². The number of benzene rings is 1. The van der Waals surface area contributed by atoms with Crippen molar-refractivity contribution in [3.05, 3.63) is 41.9 Å². The van der Waals surface area contributed by atoms with Gasteiger partial charge in [0.05, 0.1) is 10.6 Å². The summed E-state index contributed by atoms with van der Waals surface area (Å²) in [4.78, 5) is 0.281. The standard InChI is InChI=1S/C13H14ClN3O2S3/c1-2-7-15-12-16-17-13(21-12)20-8-9-22(18,19)11-5-3-10(14)4-6-11/h2-6H,1,7-9H2,(H,15,16). The van der Waals surface area contributed by atoms with E-state index >= 15 is 0 Å². The molecule has 0 saturated carbocycles. The Labute approximate surface area is 142 Å². The lowest BCUT2D eigenvalue weighted by Crippen LogP contribution is -2.08. The molecule has 22 heavy (non-hydrogen) atoms. The molecule has 0 unspecified atom stereocenters. The fraction of sp³-hybridized carbons (Fsp3) is 0.231. The summed E-state index contributed by atoms with van der Waals surface area (Å²) in [7, 11) is -3.31. The topological polar surface area (TPSA) is 72.0 Å². The summed E-state index contributed by atoms with van der Waals surface area (Å²) < 4.78 is 25.1. The van der Waals surface area contributed by atoms with Gasteiger partial charge in [0.2, 0.25) is 5.13 Å². The summed E-state index contributed by atoms with van der Waals surface area (Å²) in [6.07, 6.45) is 1.73. The van der Waals surface area contributed by atoms with E-state index in [2.05, 4.69) is 22.1 Å². The molecule has 0 aliphatic heterocycles. The van der Waals surface area contributed by atoms with Crippen molar-refractivity contribution in [1.82, 2.24) is 10.2 Å². The van der Waals surface area contributed by atoms with Gasteiger partial charge >= 0.3 is 0 Å². The molecule has 0 fully saturated rings. The van der Waals surface area contributed by atoms with E-state index in [1.165, 1.54) is 35.2 Å². The van der Waals surface area contributed by atoms with Crippen molar-refractivity contribution in [2.45, 2.75) is 9.24 Å². The lowest BCUT2D eigenvalue weighted by molar-refractivity contribution is 0.597. The normalized spacial score (nSPS) is 11.3. The molecule has 0 amide bonds. The zero-order valence-electron chi connectivity index (χ0n) is 11.5. The molecule has 0 atom stereocenters. The van der Waals surface area contributed by atoms with Gasteiger partial charge in [-0.05, 0) is 24.3 Å². The first-order valence-electron chi connectivity index (χ1n) is 6.30. The first-order valence-corrected chi connectivity index (χ1v) is 10.1. The Hall–Kier alpha value is -1.09. The van der Waals surface area contributed by atoms with Crippen LogP contribution in [0, 0.1) is 0 Å². The van der Waals surface area contributed by atoms with Crippen molar-refractivity contribution in [3.63, 3.8) is 0 Å². The van der Waals surface area contributed by atoms with E-state index in [0.29, 0.717) is 22.5 Å². The number of rotatable bonds is 8. The van der Waals surface area contributed by atoms with Crippen LogP contribution in [0.2, 0.25) is 5.02 Å². The molecular formula is C13H14ClN3O2S3. The molecular weight excluding hydrogens is 362 g/mol. The average molecular weight is 376 g/mol. The van der Waals surface area contributed by atoms with Crippen molar-refractivity contribution in [1.29, 1.82) is 0 Å². The number of aromatic nitrogens is 2. The van der Waals surface area contributed by atoms with Crippen molar-refractivity contribution in [3.8, 4) is 0 Å².